The van der Waals surface area contributed by atoms with Crippen molar-refractivity contribution in [2.75, 3.05) is 36.8 Å². The standard InChI is InChI=1S/C15H17N5O/c16-14-12(4-3-7-18-14)15(21)20-10-8-19(9-11-20)13-5-1-2-6-17-13/h1-7H,8-11H2,(H2,16,18). The molecule has 0 atom stereocenters. The van der Waals surface area contributed by atoms with E-state index in [0.29, 0.717) is 18.7 Å². The van der Waals surface area contributed by atoms with Crippen LogP contribution in [0.15, 0.2) is 42.7 Å². The van der Waals surface area contributed by atoms with Crippen LogP contribution in [0.2, 0.25) is 0 Å². The number of hydrogen-bond donors (Lipinski definition) is 1. The van der Waals surface area contributed by atoms with Gasteiger partial charge in [-0.1, -0.05) is 6.07 Å². The van der Waals surface area contributed by atoms with Crippen LogP contribution in [-0.2, 0) is 0 Å². The Morgan fingerprint density at radius 2 is 1.76 bits per heavy atom. The van der Waals surface area contributed by atoms with E-state index in [1.165, 1.54) is 0 Å². The van der Waals surface area contributed by atoms with Gasteiger partial charge < -0.3 is 15.5 Å². The second-order valence-corrected chi connectivity index (χ2v) is 4.90. The maximum absolute atomic E-state index is 12.4. The minimum atomic E-state index is -0.0544. The molecule has 0 saturated carbocycles. The van der Waals surface area contributed by atoms with Gasteiger partial charge in [0, 0.05) is 38.6 Å². The number of anilines is 2. The maximum atomic E-state index is 12.4. The number of piperazine rings is 1. The van der Waals surface area contributed by atoms with Crippen LogP contribution >= 0.6 is 0 Å². The molecule has 0 spiro atoms. The molecule has 0 radical (unpaired) electrons. The molecular formula is C15H17N5O. The fraction of sp³-hybridized carbons (Fsp3) is 0.267. The van der Waals surface area contributed by atoms with Gasteiger partial charge in [-0.05, 0) is 24.3 Å². The van der Waals surface area contributed by atoms with Crippen molar-refractivity contribution in [2.45, 2.75) is 0 Å². The highest BCUT2D eigenvalue weighted by Crippen LogP contribution is 2.16. The largest absolute Gasteiger partial charge is 0.383 e. The third kappa shape index (κ3) is 2.79. The summed E-state index contributed by atoms with van der Waals surface area (Å²) >= 11 is 0. The van der Waals surface area contributed by atoms with Crippen LogP contribution < -0.4 is 10.6 Å². The van der Waals surface area contributed by atoms with E-state index in [0.717, 1.165) is 18.9 Å². The lowest BCUT2D eigenvalue weighted by Gasteiger charge is -2.35. The summed E-state index contributed by atoms with van der Waals surface area (Å²) in [5.41, 5.74) is 6.24. The second-order valence-electron chi connectivity index (χ2n) is 4.90. The summed E-state index contributed by atoms with van der Waals surface area (Å²) in [6, 6.07) is 9.30. The van der Waals surface area contributed by atoms with Crippen molar-refractivity contribution in [1.82, 2.24) is 14.9 Å². The van der Waals surface area contributed by atoms with Gasteiger partial charge >= 0.3 is 0 Å². The zero-order chi connectivity index (χ0) is 14.7. The Kier molecular flexibility index (Phi) is 3.68. The first kappa shape index (κ1) is 13.4. The predicted octanol–water partition coefficient (Wildman–Crippen LogP) is 1.02. The van der Waals surface area contributed by atoms with E-state index in [2.05, 4.69) is 14.9 Å². The molecule has 1 saturated heterocycles. The normalized spacial score (nSPS) is 15.0. The van der Waals surface area contributed by atoms with Gasteiger partial charge in [-0.3, -0.25) is 4.79 Å². The van der Waals surface area contributed by atoms with Crippen molar-refractivity contribution in [2.24, 2.45) is 0 Å². The van der Waals surface area contributed by atoms with E-state index >= 15 is 0 Å². The average molecular weight is 283 g/mol. The van der Waals surface area contributed by atoms with Crippen LogP contribution in [0.25, 0.3) is 0 Å². The van der Waals surface area contributed by atoms with E-state index in [1.54, 1.807) is 24.5 Å². The molecule has 0 unspecified atom stereocenters. The quantitative estimate of drug-likeness (QED) is 0.890. The SMILES string of the molecule is Nc1ncccc1C(=O)N1CCN(c2ccccn2)CC1. The molecule has 3 heterocycles. The molecule has 2 aromatic rings. The number of hydrogen-bond acceptors (Lipinski definition) is 5. The molecule has 3 rings (SSSR count). The number of nitrogens with zero attached hydrogens (tertiary/aromatic N) is 4. The van der Waals surface area contributed by atoms with E-state index in [-0.39, 0.29) is 11.7 Å². The number of carbonyl (C=O) groups excluding carboxylic acids is 1. The first-order valence-electron chi connectivity index (χ1n) is 6.91. The molecule has 0 aliphatic carbocycles. The summed E-state index contributed by atoms with van der Waals surface area (Å²) in [5.74, 6) is 1.18. The first-order chi connectivity index (χ1) is 10.3. The molecular weight excluding hydrogens is 266 g/mol. The van der Waals surface area contributed by atoms with Crippen molar-refractivity contribution in [1.29, 1.82) is 0 Å². The molecule has 21 heavy (non-hydrogen) atoms. The third-order valence-corrected chi connectivity index (χ3v) is 3.61. The molecule has 2 aromatic heterocycles. The van der Waals surface area contributed by atoms with E-state index in [1.807, 2.05) is 23.1 Å². The number of nitrogens with two attached hydrogens (primary N) is 1. The Labute approximate surface area is 123 Å². The lowest BCUT2D eigenvalue weighted by Crippen LogP contribution is -2.49. The Morgan fingerprint density at radius 1 is 1.00 bits per heavy atom. The summed E-state index contributed by atoms with van der Waals surface area (Å²) in [6.45, 7) is 2.85. The van der Waals surface area contributed by atoms with Crippen molar-refractivity contribution < 1.29 is 4.79 Å². The number of aromatic nitrogens is 2. The van der Waals surface area contributed by atoms with Gasteiger partial charge in [0.1, 0.15) is 11.6 Å². The summed E-state index contributed by atoms with van der Waals surface area (Å²) < 4.78 is 0. The van der Waals surface area contributed by atoms with Crippen LogP contribution in [-0.4, -0.2) is 47.0 Å². The van der Waals surface area contributed by atoms with E-state index in [4.69, 9.17) is 5.73 Å². The molecule has 1 aliphatic rings. The Balaban J connectivity index is 1.66. The monoisotopic (exact) mass is 283 g/mol. The molecule has 0 aromatic carbocycles. The Morgan fingerprint density at radius 3 is 2.43 bits per heavy atom. The molecule has 6 heteroatoms. The van der Waals surface area contributed by atoms with Crippen molar-refractivity contribution >= 4 is 17.5 Å². The van der Waals surface area contributed by atoms with Gasteiger partial charge in [-0.15, -0.1) is 0 Å². The number of pyridine rings is 2. The maximum Gasteiger partial charge on any atom is 0.257 e. The van der Waals surface area contributed by atoms with Crippen LogP contribution in [0.1, 0.15) is 10.4 Å². The van der Waals surface area contributed by atoms with E-state index < -0.39 is 0 Å². The summed E-state index contributed by atoms with van der Waals surface area (Å²) in [4.78, 5) is 24.7. The number of carbonyl (C=O) groups is 1. The summed E-state index contributed by atoms with van der Waals surface area (Å²) in [5, 5.41) is 0. The topological polar surface area (TPSA) is 75.3 Å². The fourth-order valence-electron chi connectivity index (χ4n) is 2.45. The number of amides is 1. The number of nitrogen functional groups attached to an aromatic ring is 1. The lowest BCUT2D eigenvalue weighted by molar-refractivity contribution is 0.0747. The molecule has 1 fully saturated rings. The lowest BCUT2D eigenvalue weighted by atomic mass is 10.2. The molecule has 1 aliphatic heterocycles. The van der Waals surface area contributed by atoms with Crippen molar-refractivity contribution in [3.05, 3.63) is 48.3 Å². The zero-order valence-corrected chi connectivity index (χ0v) is 11.6. The smallest absolute Gasteiger partial charge is 0.257 e. The highest BCUT2D eigenvalue weighted by atomic mass is 16.2. The highest BCUT2D eigenvalue weighted by Gasteiger charge is 2.24. The second kappa shape index (κ2) is 5.78. The van der Waals surface area contributed by atoms with Crippen LogP contribution in [0.5, 0.6) is 0 Å². The minimum absolute atomic E-state index is 0.0544. The highest BCUT2D eigenvalue weighted by molar-refractivity contribution is 5.98. The predicted molar refractivity (Wildman–Crippen MR) is 81.0 cm³/mol. The van der Waals surface area contributed by atoms with Gasteiger partial charge in [-0.25, -0.2) is 9.97 Å². The van der Waals surface area contributed by atoms with Crippen LogP contribution in [0, 0.1) is 0 Å². The Bertz CT molecular complexity index is 623. The number of rotatable bonds is 2. The van der Waals surface area contributed by atoms with Gasteiger partial charge in [-0.2, -0.15) is 0 Å². The molecule has 6 nitrogen and oxygen atoms in total. The third-order valence-electron chi connectivity index (χ3n) is 3.61. The van der Waals surface area contributed by atoms with Crippen molar-refractivity contribution in [3.8, 4) is 0 Å². The first-order valence-corrected chi connectivity index (χ1v) is 6.91. The van der Waals surface area contributed by atoms with Crippen LogP contribution in [0.4, 0.5) is 11.6 Å². The molecule has 0 bridgehead atoms. The fourth-order valence-corrected chi connectivity index (χ4v) is 2.45. The van der Waals surface area contributed by atoms with Gasteiger partial charge in [0.05, 0.1) is 5.56 Å². The summed E-state index contributed by atoms with van der Waals surface area (Å²) in [7, 11) is 0. The molecule has 1 amide bonds. The average Bonchev–Trinajstić information content (AvgIpc) is 2.56. The van der Waals surface area contributed by atoms with Crippen LogP contribution in [0.3, 0.4) is 0 Å². The zero-order valence-electron chi connectivity index (χ0n) is 11.6. The Hall–Kier alpha value is -2.63. The molecule has 2 N–H and O–H groups in total. The minimum Gasteiger partial charge on any atom is -0.383 e. The van der Waals surface area contributed by atoms with Gasteiger partial charge in [0.2, 0.25) is 0 Å². The van der Waals surface area contributed by atoms with Gasteiger partial charge in [0.25, 0.3) is 5.91 Å². The van der Waals surface area contributed by atoms with Crippen molar-refractivity contribution in [3.63, 3.8) is 0 Å². The molecule has 108 valence electrons. The van der Waals surface area contributed by atoms with Gasteiger partial charge in [0.15, 0.2) is 0 Å². The summed E-state index contributed by atoms with van der Waals surface area (Å²) in [6.07, 6.45) is 3.37. The van der Waals surface area contributed by atoms with E-state index in [9.17, 15) is 4.79 Å².